The van der Waals surface area contributed by atoms with E-state index in [0.29, 0.717) is 5.75 Å². The quantitative estimate of drug-likeness (QED) is 0.330. The van der Waals surface area contributed by atoms with Gasteiger partial charge in [0.05, 0.1) is 8.07 Å². The number of hydrogen-bond donors (Lipinski definition) is 1. The molecule has 3 heteroatoms. The van der Waals surface area contributed by atoms with E-state index in [-0.39, 0.29) is 0 Å². The third-order valence-electron chi connectivity index (χ3n) is 4.92. The van der Waals surface area contributed by atoms with Crippen molar-refractivity contribution in [3.8, 4) is 5.75 Å². The molecule has 0 spiro atoms. The van der Waals surface area contributed by atoms with Crippen molar-refractivity contribution in [2.75, 3.05) is 0 Å². The van der Waals surface area contributed by atoms with Gasteiger partial charge in [0, 0.05) is 0 Å². The minimum absolute atomic E-state index is 0.396. The Morgan fingerprint density at radius 2 is 1.38 bits per heavy atom. The summed E-state index contributed by atoms with van der Waals surface area (Å²) in [4.78, 5) is 0. The molecule has 0 fully saturated rings. The maximum absolute atomic E-state index is 9.38. The Morgan fingerprint density at radius 1 is 0.844 bits per heavy atom. The van der Waals surface area contributed by atoms with Gasteiger partial charge in [0.15, 0.2) is 0 Å². The summed E-state index contributed by atoms with van der Waals surface area (Å²) in [7, 11) is -1.26. The molecule has 1 nitrogen and oxygen atoms in total. The van der Waals surface area contributed by atoms with Crippen LogP contribution in [0.15, 0.2) is 96.6 Å². The zero-order valence-corrected chi connectivity index (χ0v) is 22.4. The standard InChI is InChI=1S/C13H10.C10H16OSi.C6H7.Ti/c1-3-7-12(8-4-1)11-13-9-5-2-6-10-13;1-8-5-9(11)7-10(6-8)12(2,3)4;1-6-4-2-3-5-6;/h1-10H;5-7,11H,1-4H3;2,4H,3H2,1H3;/q;;-1;+1. The second-order valence-corrected chi connectivity index (χ2v) is 14.7. The molecule has 32 heavy (non-hydrogen) atoms. The van der Waals surface area contributed by atoms with Crippen LogP contribution in [0.1, 0.15) is 30.0 Å². The van der Waals surface area contributed by atoms with Crippen LogP contribution < -0.4 is 5.19 Å². The van der Waals surface area contributed by atoms with Crippen molar-refractivity contribution in [3.05, 3.63) is 119 Å². The third-order valence-corrected chi connectivity index (χ3v) is 7.84. The van der Waals surface area contributed by atoms with Crippen LogP contribution in [0, 0.1) is 13.0 Å². The first-order chi connectivity index (χ1) is 15.2. The maximum atomic E-state index is 9.38. The van der Waals surface area contributed by atoms with Crippen molar-refractivity contribution < 1.29 is 25.1 Å². The van der Waals surface area contributed by atoms with Crippen molar-refractivity contribution in [3.63, 3.8) is 0 Å². The van der Waals surface area contributed by atoms with Crippen molar-refractivity contribution in [2.24, 2.45) is 0 Å². The Labute approximate surface area is 206 Å². The number of rotatable bonds is 3. The summed E-state index contributed by atoms with van der Waals surface area (Å²) >= 11 is 2.16. The number of benzene rings is 3. The molecule has 0 bridgehead atoms. The Hall–Kier alpha value is -2.26. The molecule has 0 unspecified atom stereocenters. The van der Waals surface area contributed by atoms with E-state index in [2.05, 4.69) is 119 Å². The van der Waals surface area contributed by atoms with Crippen LogP contribution in [-0.2, 0) is 20.0 Å². The molecule has 1 aliphatic rings. The summed E-state index contributed by atoms with van der Waals surface area (Å²) in [5, 5.41) is 10.7. The predicted molar refractivity (Wildman–Crippen MR) is 138 cm³/mol. The van der Waals surface area contributed by atoms with Gasteiger partial charge in [-0.15, -0.1) is 6.42 Å². The summed E-state index contributed by atoms with van der Waals surface area (Å²) in [6.45, 7) is 10.9. The van der Waals surface area contributed by atoms with Crippen LogP contribution >= 0.6 is 0 Å². The van der Waals surface area contributed by atoms with Crippen LogP contribution in [0.2, 0.25) is 19.6 Å². The molecule has 0 aromatic heterocycles. The molecule has 1 N–H and O–H groups in total. The van der Waals surface area contributed by atoms with Crippen molar-refractivity contribution in [1.29, 1.82) is 0 Å². The third kappa shape index (κ3) is 9.08. The number of aryl methyl sites for hydroxylation is 1. The Kier molecular flexibility index (Phi) is 10.3. The molecular weight excluding hydrogens is 440 g/mol. The average Bonchev–Trinajstić information content (AvgIpc) is 3.25. The minimum atomic E-state index is -1.26. The molecule has 0 heterocycles. The Morgan fingerprint density at radius 3 is 1.72 bits per heavy atom. The van der Waals surface area contributed by atoms with Gasteiger partial charge < -0.3 is 5.11 Å². The second-order valence-electron chi connectivity index (χ2n) is 8.88. The van der Waals surface area contributed by atoms with Crippen LogP contribution in [-0.4, -0.2) is 17.0 Å². The zero-order chi connectivity index (χ0) is 23.6. The molecule has 0 atom stereocenters. The van der Waals surface area contributed by atoms with E-state index in [0.717, 1.165) is 12.0 Å². The topological polar surface area (TPSA) is 20.2 Å². The number of phenols is 1. The van der Waals surface area contributed by atoms with Gasteiger partial charge in [-0.2, -0.15) is 6.08 Å². The summed E-state index contributed by atoms with van der Waals surface area (Å²) in [6.07, 6.45) is 8.33. The fourth-order valence-corrected chi connectivity index (χ4v) is 4.85. The number of allylic oxidation sites excluding steroid dienone is 4. The number of aromatic hydroxyl groups is 1. The van der Waals surface area contributed by atoms with E-state index >= 15 is 0 Å². The normalized spacial score (nSPS) is 12.2. The first kappa shape index (κ1) is 26.0. The van der Waals surface area contributed by atoms with E-state index in [1.807, 2.05) is 25.1 Å². The fraction of sp³-hybridized carbons (Fsp3) is 0.207. The van der Waals surface area contributed by atoms with Gasteiger partial charge in [-0.05, 0) is 24.6 Å². The van der Waals surface area contributed by atoms with E-state index in [4.69, 9.17) is 0 Å². The van der Waals surface area contributed by atoms with Gasteiger partial charge in [0.2, 0.25) is 0 Å². The van der Waals surface area contributed by atoms with Gasteiger partial charge in [0.1, 0.15) is 5.75 Å². The fourth-order valence-electron chi connectivity index (χ4n) is 3.09. The molecule has 163 valence electrons. The number of phenolic OH excluding ortho intramolecular Hbond substituents is 1. The van der Waals surface area contributed by atoms with E-state index < -0.39 is 8.07 Å². The van der Waals surface area contributed by atoms with Crippen LogP contribution in [0.3, 0.4) is 0 Å². The number of hydrogen-bond acceptors (Lipinski definition) is 1. The molecule has 0 aliphatic heterocycles. The van der Waals surface area contributed by atoms with Gasteiger partial charge in [-0.3, -0.25) is 6.08 Å². The molecule has 3 aromatic rings. The zero-order valence-electron chi connectivity index (χ0n) is 19.8. The van der Waals surface area contributed by atoms with Crippen molar-refractivity contribution in [1.82, 2.24) is 0 Å². The monoisotopic (exact) mass is 473 g/mol. The summed E-state index contributed by atoms with van der Waals surface area (Å²) in [6, 6.07) is 26.8. The van der Waals surface area contributed by atoms with Gasteiger partial charge in [-0.1, -0.05) is 37.8 Å². The SMILES string of the molecule is CC1=[C-]CC=C1.Cc1cc(O)cc([Si](C)(C)C)c1.[Ti+]=[C](c1ccccc1)c1ccccc1. The Bertz CT molecular complexity index is 997. The van der Waals surface area contributed by atoms with Crippen molar-refractivity contribution in [2.45, 2.75) is 39.9 Å². The van der Waals surface area contributed by atoms with Gasteiger partial charge >= 0.3 is 95.6 Å². The average molecular weight is 474 g/mol. The molecular formula is C29H33OSiTi. The first-order valence-corrected chi connectivity index (χ1v) is 15.2. The first-order valence-electron chi connectivity index (χ1n) is 10.9. The van der Waals surface area contributed by atoms with Gasteiger partial charge in [0.25, 0.3) is 0 Å². The van der Waals surface area contributed by atoms with Crippen LogP contribution in [0.4, 0.5) is 0 Å². The van der Waals surface area contributed by atoms with E-state index in [1.165, 1.54) is 25.7 Å². The molecule has 0 radical (unpaired) electrons. The molecule has 0 amide bonds. The predicted octanol–water partition coefficient (Wildman–Crippen LogP) is 6.74. The van der Waals surface area contributed by atoms with E-state index in [1.54, 1.807) is 6.07 Å². The van der Waals surface area contributed by atoms with Crippen LogP contribution in [0.5, 0.6) is 5.75 Å². The van der Waals surface area contributed by atoms with E-state index in [9.17, 15) is 5.11 Å². The summed E-state index contributed by atoms with van der Waals surface area (Å²) in [5.41, 5.74) is 5.00. The molecule has 0 saturated heterocycles. The van der Waals surface area contributed by atoms with Gasteiger partial charge in [-0.25, -0.2) is 11.6 Å². The molecule has 0 saturated carbocycles. The Balaban J connectivity index is 0.000000183. The van der Waals surface area contributed by atoms with Crippen molar-refractivity contribution >= 4 is 17.1 Å². The summed E-state index contributed by atoms with van der Waals surface area (Å²) in [5.74, 6) is 0.396. The molecule has 1 aliphatic carbocycles. The summed E-state index contributed by atoms with van der Waals surface area (Å²) < 4.78 is 1.33. The van der Waals surface area contributed by atoms with Crippen LogP contribution in [0.25, 0.3) is 0 Å². The molecule has 3 aromatic carbocycles. The molecule has 4 rings (SSSR count). The second kappa shape index (κ2) is 12.7.